The number of benzene rings is 1. The Hall–Kier alpha value is -2.77. The first kappa shape index (κ1) is 14.8. The van der Waals surface area contributed by atoms with Crippen molar-refractivity contribution in [3.8, 4) is 12.1 Å². The summed E-state index contributed by atoms with van der Waals surface area (Å²) in [6.07, 6.45) is -0.876. The summed E-state index contributed by atoms with van der Waals surface area (Å²) in [5, 5.41) is 28.3. The third-order valence-electron chi connectivity index (χ3n) is 5.55. The zero-order valence-corrected chi connectivity index (χ0v) is 13.0. The van der Waals surface area contributed by atoms with Crippen molar-refractivity contribution in [1.82, 2.24) is 0 Å². The first-order valence-electron chi connectivity index (χ1n) is 7.48. The molecule has 0 amide bonds. The number of ether oxygens (including phenoxy) is 2. The summed E-state index contributed by atoms with van der Waals surface area (Å²) in [4.78, 5) is 4.09. The predicted octanol–water partition coefficient (Wildman–Crippen LogP) is 2.69. The third-order valence-corrected chi connectivity index (χ3v) is 5.55. The lowest BCUT2D eigenvalue weighted by atomic mass is 9.51. The lowest BCUT2D eigenvalue weighted by Gasteiger charge is -2.59. The lowest BCUT2D eigenvalue weighted by Crippen LogP contribution is -2.70. The van der Waals surface area contributed by atoms with Crippen LogP contribution in [0.25, 0.3) is 0 Å². The number of hydrogen-bond donors (Lipinski definition) is 1. The number of nitrogens with zero attached hydrogens (tertiary/aromatic N) is 3. The molecule has 0 unspecified atom stereocenters. The van der Waals surface area contributed by atoms with Crippen LogP contribution in [0.2, 0.25) is 0 Å². The number of halogens is 1. The van der Waals surface area contributed by atoms with Gasteiger partial charge in [0.15, 0.2) is 10.8 Å². The topological polar surface area (TPSA) is 102 Å². The van der Waals surface area contributed by atoms with Gasteiger partial charge in [0.2, 0.25) is 11.7 Å². The van der Waals surface area contributed by atoms with E-state index in [1.54, 1.807) is 13.8 Å². The van der Waals surface area contributed by atoms with Crippen LogP contribution in [0.15, 0.2) is 29.3 Å². The summed E-state index contributed by atoms with van der Waals surface area (Å²) >= 11 is 0. The summed E-state index contributed by atoms with van der Waals surface area (Å²) < 4.78 is 25.1. The third kappa shape index (κ3) is 1.30. The number of hydrogen-bond acceptors (Lipinski definition) is 5. The molecule has 1 aromatic rings. The van der Waals surface area contributed by atoms with Crippen LogP contribution in [-0.2, 0) is 9.47 Å². The Kier molecular flexibility index (Phi) is 2.59. The van der Waals surface area contributed by atoms with Gasteiger partial charge in [-0.25, -0.2) is 4.39 Å². The van der Waals surface area contributed by atoms with E-state index in [1.807, 2.05) is 0 Å². The van der Waals surface area contributed by atoms with Crippen LogP contribution in [0.4, 0.5) is 4.39 Å². The molecule has 0 saturated carbocycles. The van der Waals surface area contributed by atoms with Gasteiger partial charge in [-0.1, -0.05) is 19.1 Å². The van der Waals surface area contributed by atoms with Gasteiger partial charge in [-0.2, -0.15) is 15.5 Å². The molecule has 5 atom stereocenters. The Morgan fingerprint density at radius 2 is 1.83 bits per heavy atom. The highest BCUT2D eigenvalue weighted by Crippen LogP contribution is 2.69. The Balaban J connectivity index is 2.02. The molecule has 4 heterocycles. The number of nitriles is 2. The van der Waals surface area contributed by atoms with Crippen LogP contribution in [0, 0.1) is 50.6 Å². The number of rotatable bonds is 1. The molecule has 6 nitrogen and oxygen atoms in total. The Bertz CT molecular complexity index is 883. The van der Waals surface area contributed by atoms with Gasteiger partial charge in [0, 0.05) is 12.8 Å². The van der Waals surface area contributed by atoms with E-state index in [9.17, 15) is 14.9 Å². The minimum atomic E-state index is -1.56. The first-order chi connectivity index (χ1) is 11.4. The lowest BCUT2D eigenvalue weighted by molar-refractivity contribution is -0.332. The standard InChI is InChI=1S/C17H13FN4O2/c1-9-15(2)23-12(10-3-5-11(18)6-4-10)17(8-20)14(24-15)22-13(21)16(9,17)7-19/h3-6,9,12,21H,1-2H3/t9-,12+,15-,16+,17+/m1/s1. The molecule has 3 saturated heterocycles. The number of nitrogens with one attached hydrogen (secondary N) is 1. The van der Waals surface area contributed by atoms with Crippen LogP contribution >= 0.6 is 0 Å². The second kappa shape index (κ2) is 4.19. The van der Waals surface area contributed by atoms with Crippen LogP contribution in [-0.4, -0.2) is 17.5 Å². The zero-order chi connectivity index (χ0) is 17.3. The van der Waals surface area contributed by atoms with E-state index in [-0.39, 0.29) is 11.7 Å². The van der Waals surface area contributed by atoms with Gasteiger partial charge in [-0.05, 0) is 17.7 Å². The van der Waals surface area contributed by atoms with Crippen LogP contribution < -0.4 is 0 Å². The van der Waals surface area contributed by atoms with E-state index in [2.05, 4.69) is 17.1 Å². The molecule has 0 radical (unpaired) electrons. The molecule has 24 heavy (non-hydrogen) atoms. The van der Waals surface area contributed by atoms with Crippen molar-refractivity contribution in [3.63, 3.8) is 0 Å². The van der Waals surface area contributed by atoms with Gasteiger partial charge in [0.25, 0.3) is 0 Å². The highest BCUT2D eigenvalue weighted by atomic mass is 19.1. The summed E-state index contributed by atoms with van der Waals surface area (Å²) in [7, 11) is 0. The molecule has 1 N–H and O–H groups in total. The van der Waals surface area contributed by atoms with Crippen molar-refractivity contribution in [2.75, 3.05) is 0 Å². The normalized spacial score (nSPS) is 42.0. The molecule has 0 aliphatic carbocycles. The fourth-order valence-corrected chi connectivity index (χ4v) is 4.11. The molecular formula is C17H13FN4O2. The number of fused-ring (bicyclic) bond motifs is 1. The second-order valence-corrected chi connectivity index (χ2v) is 6.49. The van der Waals surface area contributed by atoms with E-state index < -0.39 is 34.5 Å². The highest BCUT2D eigenvalue weighted by Gasteiger charge is 2.81. The average molecular weight is 324 g/mol. The Labute approximate surface area is 137 Å². The van der Waals surface area contributed by atoms with Gasteiger partial charge >= 0.3 is 0 Å². The van der Waals surface area contributed by atoms with Crippen LogP contribution in [0.3, 0.4) is 0 Å². The molecule has 7 heteroatoms. The SMILES string of the molecule is C[C@@H]1[C@@]2(C)OC3=NC(=N)[C@@]1(C#N)[C@@]3(C#N)[C@H](c1ccc(F)cc1)O2. The molecule has 5 rings (SSSR count). The van der Waals surface area contributed by atoms with Crippen molar-refractivity contribution in [1.29, 1.82) is 15.9 Å². The fourth-order valence-electron chi connectivity index (χ4n) is 4.11. The van der Waals surface area contributed by atoms with Crippen LogP contribution in [0.5, 0.6) is 0 Å². The second-order valence-electron chi connectivity index (χ2n) is 6.49. The molecule has 0 aromatic heterocycles. The predicted molar refractivity (Wildman–Crippen MR) is 80.1 cm³/mol. The molecule has 1 aromatic carbocycles. The number of aliphatic imine (C=N–C) groups is 1. The molecule has 120 valence electrons. The molecule has 4 bridgehead atoms. The van der Waals surface area contributed by atoms with Gasteiger partial charge in [0.1, 0.15) is 17.8 Å². The van der Waals surface area contributed by atoms with E-state index in [0.717, 1.165) is 0 Å². The Morgan fingerprint density at radius 3 is 2.42 bits per heavy atom. The van der Waals surface area contributed by atoms with Gasteiger partial charge in [-0.3, -0.25) is 5.41 Å². The number of amidine groups is 1. The molecule has 4 aliphatic rings. The van der Waals surface area contributed by atoms with E-state index in [0.29, 0.717) is 5.56 Å². The Morgan fingerprint density at radius 1 is 1.21 bits per heavy atom. The van der Waals surface area contributed by atoms with Crippen molar-refractivity contribution >= 4 is 11.7 Å². The summed E-state index contributed by atoms with van der Waals surface area (Å²) in [5.41, 5.74) is -2.49. The maximum atomic E-state index is 13.3. The fraction of sp³-hybridized carbons (Fsp3) is 0.412. The van der Waals surface area contributed by atoms with Crippen molar-refractivity contribution in [3.05, 3.63) is 35.6 Å². The highest BCUT2D eigenvalue weighted by molar-refractivity contribution is 6.12. The van der Waals surface area contributed by atoms with E-state index in [4.69, 9.17) is 14.9 Å². The molecule has 0 spiro atoms. The maximum absolute atomic E-state index is 13.3. The first-order valence-corrected chi connectivity index (χ1v) is 7.48. The molecular weight excluding hydrogens is 311 g/mol. The van der Waals surface area contributed by atoms with Crippen LogP contribution in [0.1, 0.15) is 25.5 Å². The summed E-state index contributed by atoms with van der Waals surface area (Å²) in [6.45, 7) is 3.40. The van der Waals surface area contributed by atoms with E-state index in [1.165, 1.54) is 24.3 Å². The molecule has 3 fully saturated rings. The average Bonchev–Trinajstić information content (AvgIpc) is 2.78. The van der Waals surface area contributed by atoms with Crippen molar-refractivity contribution in [2.45, 2.75) is 25.7 Å². The molecule has 4 aliphatic heterocycles. The maximum Gasteiger partial charge on any atom is 0.218 e. The monoisotopic (exact) mass is 324 g/mol. The van der Waals surface area contributed by atoms with Gasteiger partial charge in [0.05, 0.1) is 12.1 Å². The minimum Gasteiger partial charge on any atom is -0.447 e. The smallest absolute Gasteiger partial charge is 0.218 e. The van der Waals surface area contributed by atoms with E-state index >= 15 is 0 Å². The summed E-state index contributed by atoms with van der Waals surface area (Å²) in [5.74, 6) is -2.33. The quantitative estimate of drug-likeness (QED) is 0.857. The minimum absolute atomic E-state index is 0.0396. The van der Waals surface area contributed by atoms with Crippen molar-refractivity contribution in [2.24, 2.45) is 21.7 Å². The van der Waals surface area contributed by atoms with Crippen molar-refractivity contribution < 1.29 is 13.9 Å². The van der Waals surface area contributed by atoms with Gasteiger partial charge < -0.3 is 9.47 Å². The van der Waals surface area contributed by atoms with Gasteiger partial charge in [-0.15, -0.1) is 0 Å². The summed E-state index contributed by atoms with van der Waals surface area (Å²) in [6, 6.07) is 9.91. The largest absolute Gasteiger partial charge is 0.447 e. The zero-order valence-electron chi connectivity index (χ0n) is 13.0.